The normalized spacial score (nSPS) is 10.8. The first-order chi connectivity index (χ1) is 9.17. The Kier molecular flexibility index (Phi) is 5.65. The van der Waals surface area contributed by atoms with Crippen LogP contribution < -0.4 is 16.0 Å². The van der Waals surface area contributed by atoms with Gasteiger partial charge in [0.2, 0.25) is 5.91 Å². The molecule has 5 nitrogen and oxygen atoms in total. The van der Waals surface area contributed by atoms with Crippen LogP contribution in [-0.2, 0) is 4.79 Å². The monoisotopic (exact) mass is 317 g/mol. The lowest BCUT2D eigenvalue weighted by Gasteiger charge is -2.20. The van der Waals surface area contributed by atoms with Crippen molar-refractivity contribution in [1.82, 2.24) is 10.6 Å². The fourth-order valence-electron chi connectivity index (χ4n) is 1.33. The van der Waals surface area contributed by atoms with Crippen molar-refractivity contribution in [2.45, 2.75) is 26.3 Å². The SMILES string of the molecule is CC(C)(C)NC(=O)NC(=O)CNc1ccc(Cl)c(Cl)c1. The second-order valence-electron chi connectivity index (χ2n) is 5.23. The Labute approximate surface area is 128 Å². The third kappa shape index (κ3) is 6.12. The van der Waals surface area contributed by atoms with Gasteiger partial charge in [0, 0.05) is 11.2 Å². The maximum Gasteiger partial charge on any atom is 0.321 e. The third-order valence-electron chi connectivity index (χ3n) is 2.11. The molecule has 0 atom stereocenters. The zero-order chi connectivity index (χ0) is 15.3. The number of rotatable bonds is 3. The largest absolute Gasteiger partial charge is 0.376 e. The van der Waals surface area contributed by atoms with Crippen LogP contribution in [0.1, 0.15) is 20.8 Å². The standard InChI is InChI=1S/C13H17Cl2N3O2/c1-13(2,3)18-12(20)17-11(19)7-16-8-4-5-9(14)10(15)6-8/h4-6,16H,7H2,1-3H3,(H2,17,18,19,20). The maximum atomic E-state index is 11.6. The van der Waals surface area contributed by atoms with Gasteiger partial charge in [-0.3, -0.25) is 10.1 Å². The molecule has 7 heteroatoms. The minimum Gasteiger partial charge on any atom is -0.376 e. The molecule has 1 aromatic carbocycles. The number of carbonyl (C=O) groups is 2. The topological polar surface area (TPSA) is 70.2 Å². The summed E-state index contributed by atoms with van der Waals surface area (Å²) in [4.78, 5) is 23.0. The summed E-state index contributed by atoms with van der Waals surface area (Å²) < 4.78 is 0. The molecule has 20 heavy (non-hydrogen) atoms. The Morgan fingerprint density at radius 2 is 1.80 bits per heavy atom. The summed E-state index contributed by atoms with van der Waals surface area (Å²) in [6.07, 6.45) is 0. The Hall–Kier alpha value is -1.46. The molecule has 0 aliphatic rings. The highest BCUT2D eigenvalue weighted by atomic mass is 35.5. The molecule has 3 N–H and O–H groups in total. The summed E-state index contributed by atoms with van der Waals surface area (Å²) >= 11 is 11.6. The molecule has 1 rings (SSSR count). The molecule has 0 heterocycles. The van der Waals surface area contributed by atoms with E-state index in [9.17, 15) is 9.59 Å². The molecule has 0 radical (unpaired) electrons. The summed E-state index contributed by atoms with van der Waals surface area (Å²) in [7, 11) is 0. The number of amides is 3. The molecule has 0 aliphatic carbocycles. The van der Waals surface area contributed by atoms with E-state index in [0.717, 1.165) is 0 Å². The molecular formula is C13H17Cl2N3O2. The molecular weight excluding hydrogens is 301 g/mol. The summed E-state index contributed by atoms with van der Waals surface area (Å²) in [5, 5.41) is 8.52. The molecule has 3 amide bonds. The van der Waals surface area contributed by atoms with Crippen molar-refractivity contribution in [3.63, 3.8) is 0 Å². The van der Waals surface area contributed by atoms with E-state index in [0.29, 0.717) is 15.7 Å². The fourth-order valence-corrected chi connectivity index (χ4v) is 1.63. The van der Waals surface area contributed by atoms with E-state index in [1.807, 2.05) is 20.8 Å². The average molecular weight is 318 g/mol. The molecule has 0 spiro atoms. The van der Waals surface area contributed by atoms with Crippen LogP contribution in [-0.4, -0.2) is 24.0 Å². The minimum absolute atomic E-state index is 0.0461. The third-order valence-corrected chi connectivity index (χ3v) is 2.85. The molecule has 110 valence electrons. The van der Waals surface area contributed by atoms with Gasteiger partial charge in [0.1, 0.15) is 0 Å². The Bertz CT molecular complexity index is 513. The molecule has 0 fully saturated rings. The number of urea groups is 1. The average Bonchev–Trinajstić information content (AvgIpc) is 2.28. The number of anilines is 1. The van der Waals surface area contributed by atoms with Gasteiger partial charge in [0.05, 0.1) is 16.6 Å². The molecule has 0 bridgehead atoms. The van der Waals surface area contributed by atoms with Crippen molar-refractivity contribution in [2.24, 2.45) is 0 Å². The van der Waals surface area contributed by atoms with E-state index >= 15 is 0 Å². The van der Waals surface area contributed by atoms with E-state index in [4.69, 9.17) is 23.2 Å². The van der Waals surface area contributed by atoms with Crippen LogP contribution in [0.3, 0.4) is 0 Å². The van der Waals surface area contributed by atoms with Crippen molar-refractivity contribution in [3.8, 4) is 0 Å². The van der Waals surface area contributed by atoms with Gasteiger partial charge in [-0.15, -0.1) is 0 Å². The Morgan fingerprint density at radius 3 is 2.35 bits per heavy atom. The fraction of sp³-hybridized carbons (Fsp3) is 0.385. The van der Waals surface area contributed by atoms with Gasteiger partial charge in [0.25, 0.3) is 0 Å². The van der Waals surface area contributed by atoms with Crippen molar-refractivity contribution >= 4 is 40.8 Å². The van der Waals surface area contributed by atoms with Gasteiger partial charge in [0.15, 0.2) is 0 Å². The van der Waals surface area contributed by atoms with Crippen molar-refractivity contribution in [3.05, 3.63) is 28.2 Å². The number of halogens is 2. The van der Waals surface area contributed by atoms with Gasteiger partial charge < -0.3 is 10.6 Å². The number of hydrogen-bond acceptors (Lipinski definition) is 3. The van der Waals surface area contributed by atoms with Crippen molar-refractivity contribution in [1.29, 1.82) is 0 Å². The predicted molar refractivity (Wildman–Crippen MR) is 81.4 cm³/mol. The van der Waals surface area contributed by atoms with Gasteiger partial charge >= 0.3 is 6.03 Å². The van der Waals surface area contributed by atoms with Gasteiger partial charge in [-0.2, -0.15) is 0 Å². The molecule has 0 saturated carbocycles. The predicted octanol–water partition coefficient (Wildman–Crippen LogP) is 3.03. The number of benzene rings is 1. The van der Waals surface area contributed by atoms with Gasteiger partial charge in [-0.05, 0) is 39.0 Å². The highest BCUT2D eigenvalue weighted by Crippen LogP contribution is 2.24. The summed E-state index contributed by atoms with van der Waals surface area (Å²) in [5.74, 6) is -0.446. The lowest BCUT2D eigenvalue weighted by Crippen LogP contribution is -2.49. The van der Waals surface area contributed by atoms with Crippen molar-refractivity contribution in [2.75, 3.05) is 11.9 Å². The van der Waals surface area contributed by atoms with Crippen LogP contribution in [0.2, 0.25) is 10.0 Å². The number of hydrogen-bond donors (Lipinski definition) is 3. The minimum atomic E-state index is -0.529. The number of nitrogens with one attached hydrogen (secondary N) is 3. The summed E-state index contributed by atoms with van der Waals surface area (Å²) in [6.45, 7) is 5.43. The van der Waals surface area contributed by atoms with E-state index in [1.54, 1.807) is 18.2 Å². The van der Waals surface area contributed by atoms with E-state index in [-0.39, 0.29) is 6.54 Å². The summed E-state index contributed by atoms with van der Waals surface area (Å²) in [5.41, 5.74) is 0.243. The maximum absolute atomic E-state index is 11.6. The highest BCUT2D eigenvalue weighted by Gasteiger charge is 2.15. The zero-order valence-corrected chi connectivity index (χ0v) is 13.0. The van der Waals surface area contributed by atoms with E-state index in [1.165, 1.54) is 0 Å². The first kappa shape index (κ1) is 16.6. The van der Waals surface area contributed by atoms with Crippen molar-refractivity contribution < 1.29 is 9.59 Å². The van der Waals surface area contributed by atoms with Crippen LogP contribution in [0.4, 0.5) is 10.5 Å². The zero-order valence-electron chi connectivity index (χ0n) is 11.5. The van der Waals surface area contributed by atoms with Gasteiger partial charge in [-0.25, -0.2) is 4.79 Å². The Balaban J connectivity index is 2.43. The van der Waals surface area contributed by atoms with Gasteiger partial charge in [-0.1, -0.05) is 23.2 Å². The Morgan fingerprint density at radius 1 is 1.15 bits per heavy atom. The number of imide groups is 1. The van der Waals surface area contributed by atoms with Crippen LogP contribution in [0, 0.1) is 0 Å². The van der Waals surface area contributed by atoms with E-state index in [2.05, 4.69) is 16.0 Å². The molecule has 0 aromatic heterocycles. The smallest absolute Gasteiger partial charge is 0.321 e. The molecule has 0 saturated heterocycles. The van der Waals surface area contributed by atoms with Crippen LogP contribution in [0.25, 0.3) is 0 Å². The van der Waals surface area contributed by atoms with Crippen LogP contribution >= 0.6 is 23.2 Å². The first-order valence-corrected chi connectivity index (χ1v) is 6.74. The lowest BCUT2D eigenvalue weighted by atomic mass is 10.1. The van der Waals surface area contributed by atoms with E-state index < -0.39 is 17.5 Å². The molecule has 0 unspecified atom stereocenters. The molecule has 0 aliphatic heterocycles. The first-order valence-electron chi connectivity index (χ1n) is 5.98. The van der Waals surface area contributed by atoms with Crippen LogP contribution in [0.5, 0.6) is 0 Å². The second-order valence-corrected chi connectivity index (χ2v) is 6.05. The second kappa shape index (κ2) is 6.81. The quantitative estimate of drug-likeness (QED) is 0.802. The highest BCUT2D eigenvalue weighted by molar-refractivity contribution is 6.42. The summed E-state index contributed by atoms with van der Waals surface area (Å²) in [6, 6.07) is 4.39. The lowest BCUT2D eigenvalue weighted by molar-refractivity contribution is -0.118. The molecule has 1 aromatic rings. The number of carbonyl (C=O) groups excluding carboxylic acids is 2. The van der Waals surface area contributed by atoms with Crippen LogP contribution in [0.15, 0.2) is 18.2 Å².